The number of benzene rings is 8. The highest BCUT2D eigenvalue weighted by Gasteiger charge is 2.42. The quantitative estimate of drug-likeness (QED) is 0.164. The summed E-state index contributed by atoms with van der Waals surface area (Å²) in [4.78, 5) is 0. The zero-order valence-electron chi connectivity index (χ0n) is 28.1. The van der Waals surface area contributed by atoms with Crippen molar-refractivity contribution in [3.63, 3.8) is 0 Å². The zero-order valence-corrected chi connectivity index (χ0v) is 28.1. The van der Waals surface area contributed by atoms with Crippen molar-refractivity contribution in [3.05, 3.63) is 170 Å². The molecule has 0 fully saturated rings. The summed E-state index contributed by atoms with van der Waals surface area (Å²) in [6.07, 6.45) is 0. The van der Waals surface area contributed by atoms with Crippen LogP contribution < -0.4 is 5.46 Å². The smallest absolute Gasteiger partial charge is 0.360 e. The summed E-state index contributed by atoms with van der Waals surface area (Å²) < 4.78 is 7.67. The Morgan fingerprint density at radius 3 is 1.44 bits per heavy atom. The molecule has 0 saturated carbocycles. The maximum atomic E-state index is 2.64. The van der Waals surface area contributed by atoms with Gasteiger partial charge in [0.2, 0.25) is 0 Å². The summed E-state index contributed by atoms with van der Waals surface area (Å²) in [5.74, 6) is 0. The largest absolute Gasteiger partial charge is 0.422 e. The summed E-state index contributed by atoms with van der Waals surface area (Å²) in [7, 11) is 0. The molecule has 3 aromatic heterocycles. The van der Waals surface area contributed by atoms with E-state index in [9.17, 15) is 0 Å². The monoisotopic (exact) mass is 657 g/mol. The first kappa shape index (κ1) is 27.0. The molecule has 52 heavy (non-hydrogen) atoms. The first-order valence-electron chi connectivity index (χ1n) is 18.1. The molecule has 0 spiro atoms. The van der Waals surface area contributed by atoms with E-state index < -0.39 is 0 Å². The van der Waals surface area contributed by atoms with Gasteiger partial charge in [0.25, 0.3) is 0 Å². The van der Waals surface area contributed by atoms with Crippen LogP contribution in [0.3, 0.4) is 0 Å². The van der Waals surface area contributed by atoms with E-state index in [1.165, 1.54) is 110 Å². The van der Waals surface area contributed by atoms with E-state index in [0.29, 0.717) is 0 Å². The van der Waals surface area contributed by atoms with Gasteiger partial charge in [0.05, 0.1) is 11.0 Å². The second kappa shape index (κ2) is 9.51. The first-order chi connectivity index (χ1) is 25.8. The van der Waals surface area contributed by atoms with Crippen molar-refractivity contribution in [1.29, 1.82) is 0 Å². The van der Waals surface area contributed by atoms with E-state index >= 15 is 0 Å². The normalized spacial score (nSPS) is 13.0. The fraction of sp³-hybridized carbons (Fsp3) is 0. The molecule has 0 bridgehead atoms. The van der Waals surface area contributed by atoms with E-state index in [1.54, 1.807) is 0 Å². The molecule has 238 valence electrons. The summed E-state index contributed by atoms with van der Waals surface area (Å²) in [5, 5.41) is 7.78. The third-order valence-electron chi connectivity index (χ3n) is 12.0. The zero-order chi connectivity index (χ0) is 33.7. The molecule has 0 radical (unpaired) electrons. The van der Waals surface area contributed by atoms with Gasteiger partial charge in [0.15, 0.2) is 0 Å². The third-order valence-corrected chi connectivity index (χ3v) is 12.0. The Balaban J connectivity index is 1.17. The van der Waals surface area contributed by atoms with Crippen LogP contribution >= 0.6 is 0 Å². The molecule has 2 aliphatic rings. The molecule has 8 aromatic carbocycles. The first-order valence-corrected chi connectivity index (χ1v) is 18.1. The Morgan fingerprint density at radius 2 is 0.827 bits per heavy atom. The van der Waals surface area contributed by atoms with Crippen LogP contribution in [0.15, 0.2) is 170 Å². The molecular weight excluding hydrogens is 629 g/mol. The highest BCUT2D eigenvalue weighted by Crippen LogP contribution is 2.47. The molecule has 11 aromatic rings. The van der Waals surface area contributed by atoms with E-state index in [4.69, 9.17) is 0 Å². The van der Waals surface area contributed by atoms with Gasteiger partial charge in [-0.15, -0.1) is 0 Å². The van der Waals surface area contributed by atoms with E-state index in [1.807, 2.05) is 0 Å². The fourth-order valence-electron chi connectivity index (χ4n) is 9.97. The van der Waals surface area contributed by atoms with Crippen molar-refractivity contribution < 1.29 is 0 Å². The number of hydrogen-bond donors (Lipinski definition) is 0. The molecule has 0 aliphatic carbocycles. The summed E-state index contributed by atoms with van der Waals surface area (Å²) in [6, 6.07) is 63.3. The van der Waals surface area contributed by atoms with E-state index in [2.05, 4.69) is 183 Å². The van der Waals surface area contributed by atoms with Gasteiger partial charge in [-0.1, -0.05) is 115 Å². The van der Waals surface area contributed by atoms with Crippen LogP contribution in [0.1, 0.15) is 0 Å². The van der Waals surface area contributed by atoms with Crippen molar-refractivity contribution in [2.75, 3.05) is 0 Å². The second-order valence-corrected chi connectivity index (χ2v) is 14.5. The highest BCUT2D eigenvalue weighted by atomic mass is 15.1. The van der Waals surface area contributed by atoms with Crippen LogP contribution in [0.4, 0.5) is 0 Å². The van der Waals surface area contributed by atoms with Crippen LogP contribution in [0, 0.1) is 0 Å². The molecule has 0 unspecified atom stereocenters. The van der Waals surface area contributed by atoms with E-state index in [-0.39, 0.29) is 6.98 Å². The van der Waals surface area contributed by atoms with Gasteiger partial charge in [-0.3, -0.25) is 0 Å². The molecule has 0 amide bonds. The molecule has 2 aliphatic heterocycles. The maximum Gasteiger partial charge on any atom is 0.422 e. The Morgan fingerprint density at radius 1 is 0.327 bits per heavy atom. The maximum absolute atomic E-state index is 2.64. The molecular formula is C48H28BN3. The van der Waals surface area contributed by atoms with Crippen molar-refractivity contribution >= 4 is 77.9 Å². The summed E-state index contributed by atoms with van der Waals surface area (Å²) >= 11 is 0. The van der Waals surface area contributed by atoms with Crippen LogP contribution in [0.2, 0.25) is 0 Å². The lowest BCUT2D eigenvalue weighted by atomic mass is 9.57. The molecule has 3 nitrogen and oxygen atoms in total. The lowest BCUT2D eigenvalue weighted by Gasteiger charge is -2.34. The molecule has 0 atom stereocenters. The third kappa shape index (κ3) is 3.20. The minimum atomic E-state index is -0.0139. The van der Waals surface area contributed by atoms with Crippen molar-refractivity contribution in [2.24, 2.45) is 0 Å². The average Bonchev–Trinajstić information content (AvgIpc) is 3.85. The topological polar surface area (TPSA) is 14.8 Å². The predicted molar refractivity (Wildman–Crippen MR) is 219 cm³/mol. The summed E-state index contributed by atoms with van der Waals surface area (Å²) in [6.45, 7) is -0.0139. The minimum Gasteiger partial charge on any atom is -0.360 e. The number of fused-ring (bicyclic) bond motifs is 13. The van der Waals surface area contributed by atoms with Crippen molar-refractivity contribution in [1.82, 2.24) is 13.5 Å². The Bertz CT molecular complexity index is 3220. The summed E-state index contributed by atoms with van der Waals surface area (Å²) in [5.41, 5.74) is 17.9. The minimum absolute atomic E-state index is 0.0139. The molecule has 13 rings (SSSR count). The lowest BCUT2D eigenvalue weighted by molar-refractivity contribution is 1.18. The number of rotatable bonds is 2. The highest BCUT2D eigenvalue weighted by molar-refractivity contribution is 6.79. The van der Waals surface area contributed by atoms with Gasteiger partial charge in [0, 0.05) is 71.2 Å². The Kier molecular flexibility index (Phi) is 4.94. The SMILES string of the molecule is c1ccc(-n2c3ccccc3c3cc(-c4cc5c6c(c4)-c4cccc7c8ccccc8n(c47)B6n4c6ccccc6c6cccc-5c64)ccc32)cc1. The van der Waals surface area contributed by atoms with Crippen LogP contribution in [0.25, 0.3) is 104 Å². The van der Waals surface area contributed by atoms with Gasteiger partial charge >= 0.3 is 6.98 Å². The van der Waals surface area contributed by atoms with Gasteiger partial charge in [0.1, 0.15) is 0 Å². The van der Waals surface area contributed by atoms with Crippen LogP contribution in [-0.2, 0) is 0 Å². The molecule has 5 heterocycles. The predicted octanol–water partition coefficient (Wildman–Crippen LogP) is 11.4. The number of hydrogen-bond acceptors (Lipinski definition) is 0. The Hall–Kier alpha value is -6.78. The standard InChI is InChI=1S/C48H28BN3/c1-2-12-31(13-3-1)50-42-21-7-4-16-34(42)39-26-29(24-25-43(39)50)30-27-40-37-19-10-17-35-32-14-5-8-22-44(32)51(47(35)37)49-46(40)41(28-30)38-20-11-18-36-33-15-6-9-23-45(33)52(49)48(36)38/h1-28H. The molecule has 0 saturated heterocycles. The van der Waals surface area contributed by atoms with Crippen LogP contribution in [0.5, 0.6) is 0 Å². The lowest BCUT2D eigenvalue weighted by Crippen LogP contribution is -2.50. The van der Waals surface area contributed by atoms with Gasteiger partial charge in [-0.05, 0) is 82.3 Å². The van der Waals surface area contributed by atoms with Crippen LogP contribution in [-0.4, -0.2) is 20.5 Å². The average molecular weight is 658 g/mol. The Labute approximate surface area is 299 Å². The molecule has 0 N–H and O–H groups in total. The van der Waals surface area contributed by atoms with Gasteiger partial charge in [-0.2, -0.15) is 0 Å². The van der Waals surface area contributed by atoms with Crippen molar-refractivity contribution in [2.45, 2.75) is 0 Å². The molecule has 4 heteroatoms. The number of para-hydroxylation sites is 6. The van der Waals surface area contributed by atoms with Crippen molar-refractivity contribution in [3.8, 4) is 39.1 Å². The number of nitrogens with zero attached hydrogens (tertiary/aromatic N) is 3. The van der Waals surface area contributed by atoms with Gasteiger partial charge < -0.3 is 13.5 Å². The second-order valence-electron chi connectivity index (χ2n) is 14.5. The van der Waals surface area contributed by atoms with E-state index in [0.717, 1.165) is 0 Å². The fourth-order valence-corrected chi connectivity index (χ4v) is 9.97. The van der Waals surface area contributed by atoms with Gasteiger partial charge in [-0.25, -0.2) is 0 Å². The number of aromatic nitrogens is 3.